The molecule has 4 heteroatoms. The third-order valence-corrected chi connectivity index (χ3v) is 3.82. The summed E-state index contributed by atoms with van der Waals surface area (Å²) in [7, 11) is 1.99. The molecule has 4 nitrogen and oxygen atoms in total. The van der Waals surface area contributed by atoms with Crippen molar-refractivity contribution in [2.75, 3.05) is 0 Å². The van der Waals surface area contributed by atoms with Crippen molar-refractivity contribution in [2.24, 2.45) is 24.2 Å². The molecule has 0 aliphatic heterocycles. The first-order valence-corrected chi connectivity index (χ1v) is 5.89. The van der Waals surface area contributed by atoms with E-state index in [2.05, 4.69) is 30.4 Å². The minimum absolute atomic E-state index is 0.366. The van der Waals surface area contributed by atoms with Gasteiger partial charge in [0, 0.05) is 25.2 Å². The van der Waals surface area contributed by atoms with E-state index in [1.54, 1.807) is 0 Å². The van der Waals surface area contributed by atoms with Crippen LogP contribution in [0, 0.1) is 18.3 Å². The second kappa shape index (κ2) is 3.86. The molecule has 1 aliphatic rings. The highest BCUT2D eigenvalue weighted by Gasteiger charge is 2.49. The third kappa shape index (κ3) is 2.13. The maximum atomic E-state index is 5.66. The van der Waals surface area contributed by atoms with Gasteiger partial charge in [-0.1, -0.05) is 13.8 Å². The van der Waals surface area contributed by atoms with Gasteiger partial charge in [-0.25, -0.2) is 0 Å². The lowest BCUT2D eigenvalue weighted by Crippen LogP contribution is -2.40. The molecule has 1 aliphatic carbocycles. The molecule has 1 aromatic rings. The number of rotatable bonds is 4. The summed E-state index contributed by atoms with van der Waals surface area (Å²) in [6.45, 7) is 6.63. The van der Waals surface area contributed by atoms with Gasteiger partial charge in [-0.05, 0) is 30.7 Å². The van der Waals surface area contributed by atoms with Crippen molar-refractivity contribution < 1.29 is 0 Å². The summed E-state index contributed by atoms with van der Waals surface area (Å²) >= 11 is 0. The second-order valence-electron chi connectivity index (χ2n) is 5.68. The van der Waals surface area contributed by atoms with Gasteiger partial charge >= 0.3 is 0 Å². The van der Waals surface area contributed by atoms with Gasteiger partial charge in [0.05, 0.1) is 5.69 Å². The van der Waals surface area contributed by atoms with Gasteiger partial charge in [0.15, 0.2) is 0 Å². The van der Waals surface area contributed by atoms with Gasteiger partial charge < -0.3 is 0 Å². The van der Waals surface area contributed by atoms with Crippen molar-refractivity contribution in [3.63, 3.8) is 0 Å². The molecular formula is C12H22N4. The fourth-order valence-corrected chi connectivity index (χ4v) is 2.59. The molecule has 2 rings (SSSR count). The largest absolute Gasteiger partial charge is 0.272 e. The number of aryl methyl sites for hydroxylation is 2. The van der Waals surface area contributed by atoms with Crippen LogP contribution in [0.4, 0.5) is 0 Å². The Morgan fingerprint density at radius 1 is 1.69 bits per heavy atom. The summed E-state index contributed by atoms with van der Waals surface area (Å²) in [6, 6.07) is 2.50. The molecule has 0 saturated heterocycles. The smallest absolute Gasteiger partial charge is 0.0596 e. The summed E-state index contributed by atoms with van der Waals surface area (Å²) in [5.41, 5.74) is 5.74. The summed E-state index contributed by atoms with van der Waals surface area (Å²) in [6.07, 6.45) is 2.22. The van der Waals surface area contributed by atoms with Crippen molar-refractivity contribution in [1.29, 1.82) is 0 Å². The van der Waals surface area contributed by atoms with E-state index in [1.165, 1.54) is 12.1 Å². The fraction of sp³-hybridized carbons (Fsp3) is 0.750. The molecule has 2 unspecified atom stereocenters. The zero-order chi connectivity index (χ0) is 11.9. The first kappa shape index (κ1) is 11.6. The van der Waals surface area contributed by atoms with Gasteiger partial charge in [-0.2, -0.15) is 5.10 Å². The molecule has 3 N–H and O–H groups in total. The molecule has 16 heavy (non-hydrogen) atoms. The maximum Gasteiger partial charge on any atom is 0.0596 e. The SMILES string of the molecule is Cc1cc(CC(NN)C2CC2(C)C)n(C)n1. The molecule has 0 amide bonds. The lowest BCUT2D eigenvalue weighted by atomic mass is 10.0. The van der Waals surface area contributed by atoms with E-state index < -0.39 is 0 Å². The highest BCUT2D eigenvalue weighted by molar-refractivity contribution is 5.13. The summed E-state index contributed by atoms with van der Waals surface area (Å²) < 4.78 is 1.95. The number of hydrogen-bond acceptors (Lipinski definition) is 3. The van der Waals surface area contributed by atoms with E-state index in [0.29, 0.717) is 17.4 Å². The topological polar surface area (TPSA) is 55.9 Å². The maximum absolute atomic E-state index is 5.66. The predicted molar refractivity (Wildman–Crippen MR) is 64.6 cm³/mol. The number of aromatic nitrogens is 2. The van der Waals surface area contributed by atoms with Crippen LogP contribution in [0.15, 0.2) is 6.07 Å². The highest BCUT2D eigenvalue weighted by Crippen LogP contribution is 2.53. The van der Waals surface area contributed by atoms with E-state index in [0.717, 1.165) is 12.1 Å². The Balaban J connectivity index is 2.05. The average molecular weight is 222 g/mol. The minimum atomic E-state index is 0.366. The summed E-state index contributed by atoms with van der Waals surface area (Å²) in [5.74, 6) is 6.35. The Labute approximate surface area is 97.2 Å². The van der Waals surface area contributed by atoms with E-state index in [4.69, 9.17) is 5.84 Å². The summed E-state index contributed by atoms with van der Waals surface area (Å²) in [4.78, 5) is 0. The van der Waals surface area contributed by atoms with Crippen LogP contribution in [-0.4, -0.2) is 15.8 Å². The zero-order valence-corrected chi connectivity index (χ0v) is 10.6. The first-order valence-electron chi connectivity index (χ1n) is 5.89. The van der Waals surface area contributed by atoms with E-state index >= 15 is 0 Å². The first-order chi connectivity index (χ1) is 7.44. The summed E-state index contributed by atoms with van der Waals surface area (Å²) in [5, 5.41) is 4.36. The Bertz CT molecular complexity index is 380. The minimum Gasteiger partial charge on any atom is -0.272 e. The van der Waals surface area contributed by atoms with Gasteiger partial charge in [0.25, 0.3) is 0 Å². The Kier molecular flexibility index (Phi) is 2.80. The molecule has 0 bridgehead atoms. The lowest BCUT2D eigenvalue weighted by molar-refractivity contribution is 0.401. The fourth-order valence-electron chi connectivity index (χ4n) is 2.59. The van der Waals surface area contributed by atoms with Crippen LogP contribution in [-0.2, 0) is 13.5 Å². The molecule has 2 atom stereocenters. The zero-order valence-electron chi connectivity index (χ0n) is 10.6. The Hall–Kier alpha value is -0.870. The molecule has 1 saturated carbocycles. The van der Waals surface area contributed by atoms with E-state index in [9.17, 15) is 0 Å². The standard InChI is InChI=1S/C12H22N4/c1-8-5-9(16(4)15-8)6-11(14-13)10-7-12(10,2)3/h5,10-11,14H,6-7,13H2,1-4H3. The van der Waals surface area contributed by atoms with Crippen LogP contribution < -0.4 is 11.3 Å². The number of hydrogen-bond donors (Lipinski definition) is 2. The molecule has 0 spiro atoms. The van der Waals surface area contributed by atoms with Gasteiger partial charge in [0.2, 0.25) is 0 Å². The quantitative estimate of drug-likeness (QED) is 0.593. The van der Waals surface area contributed by atoms with Crippen LogP contribution in [0.1, 0.15) is 31.7 Å². The van der Waals surface area contributed by atoms with Crippen LogP contribution >= 0.6 is 0 Å². The molecule has 90 valence electrons. The van der Waals surface area contributed by atoms with Crippen molar-refractivity contribution in [2.45, 2.75) is 39.7 Å². The average Bonchev–Trinajstić information content (AvgIpc) is 2.68. The highest BCUT2D eigenvalue weighted by atomic mass is 15.3. The molecular weight excluding hydrogens is 200 g/mol. The van der Waals surface area contributed by atoms with Gasteiger partial charge in [0.1, 0.15) is 0 Å². The predicted octanol–water partition coefficient (Wildman–Crippen LogP) is 1.15. The molecule has 0 aromatic carbocycles. The number of nitrogens with zero attached hydrogens (tertiary/aromatic N) is 2. The number of nitrogens with two attached hydrogens (primary N) is 1. The van der Waals surface area contributed by atoms with Gasteiger partial charge in [-0.15, -0.1) is 0 Å². The van der Waals surface area contributed by atoms with Crippen LogP contribution in [0.2, 0.25) is 0 Å². The molecule has 0 radical (unpaired) electrons. The number of nitrogens with one attached hydrogen (secondary N) is 1. The molecule has 1 fully saturated rings. The molecule has 1 aromatic heterocycles. The second-order valence-corrected chi connectivity index (χ2v) is 5.68. The lowest BCUT2D eigenvalue weighted by Gasteiger charge is -2.17. The van der Waals surface area contributed by atoms with Crippen molar-refractivity contribution >= 4 is 0 Å². The third-order valence-electron chi connectivity index (χ3n) is 3.82. The Morgan fingerprint density at radius 2 is 2.31 bits per heavy atom. The van der Waals surface area contributed by atoms with Crippen molar-refractivity contribution in [3.05, 3.63) is 17.5 Å². The normalized spacial score (nSPS) is 24.4. The molecule has 1 heterocycles. The monoisotopic (exact) mass is 222 g/mol. The number of hydrazine groups is 1. The van der Waals surface area contributed by atoms with Crippen LogP contribution in [0.3, 0.4) is 0 Å². The van der Waals surface area contributed by atoms with E-state index in [-0.39, 0.29) is 0 Å². The van der Waals surface area contributed by atoms with Crippen molar-refractivity contribution in [3.8, 4) is 0 Å². The van der Waals surface area contributed by atoms with Gasteiger partial charge in [-0.3, -0.25) is 16.0 Å². The van der Waals surface area contributed by atoms with E-state index in [1.807, 2.05) is 18.7 Å². The van der Waals surface area contributed by atoms with Crippen LogP contribution in [0.25, 0.3) is 0 Å². The van der Waals surface area contributed by atoms with Crippen molar-refractivity contribution in [1.82, 2.24) is 15.2 Å². The van der Waals surface area contributed by atoms with Crippen LogP contribution in [0.5, 0.6) is 0 Å². The Morgan fingerprint density at radius 3 is 2.69 bits per heavy atom.